The molecule has 0 bridgehead atoms. The standard InChI is InChI=1S/C8H10N2.C7H6O2/c9-8-7-4-2-1-3-6(7)5-10-8;8-7(9)6-4-2-1-3-5-6/h1-4,8,10H,5,9H2;1-5H,(H,8,9). The van der Waals surface area contributed by atoms with Crippen molar-refractivity contribution in [2.45, 2.75) is 12.7 Å². The highest BCUT2D eigenvalue weighted by Gasteiger charge is 2.15. The highest BCUT2D eigenvalue weighted by molar-refractivity contribution is 5.87. The van der Waals surface area contributed by atoms with Crippen LogP contribution in [0.2, 0.25) is 0 Å². The SMILES string of the molecule is NC1NCc2ccccc21.O=C(O)c1ccccc1. The van der Waals surface area contributed by atoms with E-state index in [0.29, 0.717) is 5.56 Å². The topological polar surface area (TPSA) is 75.3 Å². The van der Waals surface area contributed by atoms with Gasteiger partial charge in [-0.3, -0.25) is 5.32 Å². The zero-order valence-corrected chi connectivity index (χ0v) is 10.4. The summed E-state index contributed by atoms with van der Waals surface area (Å²) >= 11 is 0. The third-order valence-electron chi connectivity index (χ3n) is 2.92. The molecule has 0 radical (unpaired) electrons. The quantitative estimate of drug-likeness (QED) is 0.730. The summed E-state index contributed by atoms with van der Waals surface area (Å²) in [6.07, 6.45) is 0.0520. The number of hydrogen-bond donors (Lipinski definition) is 3. The number of hydrogen-bond acceptors (Lipinski definition) is 3. The van der Waals surface area contributed by atoms with Crippen molar-refractivity contribution in [3.8, 4) is 0 Å². The van der Waals surface area contributed by atoms with Crippen LogP contribution in [0.5, 0.6) is 0 Å². The van der Waals surface area contributed by atoms with Crippen molar-refractivity contribution in [1.82, 2.24) is 5.32 Å². The first-order chi connectivity index (χ1) is 9.18. The van der Waals surface area contributed by atoms with Crippen molar-refractivity contribution in [2.75, 3.05) is 0 Å². The van der Waals surface area contributed by atoms with Gasteiger partial charge in [0.25, 0.3) is 0 Å². The van der Waals surface area contributed by atoms with E-state index in [2.05, 4.69) is 17.4 Å². The number of rotatable bonds is 1. The minimum absolute atomic E-state index is 0.0520. The molecule has 1 unspecified atom stereocenters. The lowest BCUT2D eigenvalue weighted by atomic mass is 10.1. The van der Waals surface area contributed by atoms with E-state index in [9.17, 15) is 4.79 Å². The summed E-state index contributed by atoms with van der Waals surface area (Å²) in [6.45, 7) is 0.914. The van der Waals surface area contributed by atoms with Gasteiger partial charge in [-0.1, -0.05) is 42.5 Å². The molecule has 1 heterocycles. The largest absolute Gasteiger partial charge is 0.478 e. The van der Waals surface area contributed by atoms with Crippen LogP contribution in [0.3, 0.4) is 0 Å². The van der Waals surface area contributed by atoms with Crippen LogP contribution in [0.15, 0.2) is 54.6 Å². The minimum Gasteiger partial charge on any atom is -0.478 e. The number of carboxylic acid groups (broad SMARTS) is 1. The van der Waals surface area contributed by atoms with Gasteiger partial charge in [-0.15, -0.1) is 0 Å². The number of benzene rings is 2. The van der Waals surface area contributed by atoms with E-state index < -0.39 is 5.97 Å². The lowest BCUT2D eigenvalue weighted by molar-refractivity contribution is 0.0697. The van der Waals surface area contributed by atoms with E-state index in [1.54, 1.807) is 30.3 Å². The summed E-state index contributed by atoms with van der Waals surface area (Å²) in [5.74, 6) is -0.879. The number of nitrogens with two attached hydrogens (primary N) is 1. The van der Waals surface area contributed by atoms with E-state index in [-0.39, 0.29) is 6.17 Å². The molecule has 0 fully saturated rings. The molecule has 4 N–H and O–H groups in total. The molecule has 3 rings (SSSR count). The third-order valence-corrected chi connectivity index (χ3v) is 2.92. The van der Waals surface area contributed by atoms with Gasteiger partial charge in [0.05, 0.1) is 11.7 Å². The van der Waals surface area contributed by atoms with Crippen LogP contribution in [-0.2, 0) is 6.54 Å². The van der Waals surface area contributed by atoms with Crippen molar-refractivity contribution in [3.63, 3.8) is 0 Å². The van der Waals surface area contributed by atoms with Crippen molar-refractivity contribution >= 4 is 5.97 Å². The molecule has 0 aliphatic carbocycles. The van der Waals surface area contributed by atoms with Crippen LogP contribution < -0.4 is 11.1 Å². The van der Waals surface area contributed by atoms with Gasteiger partial charge in [-0.2, -0.15) is 0 Å². The molecule has 4 heteroatoms. The van der Waals surface area contributed by atoms with Crippen LogP contribution in [0.25, 0.3) is 0 Å². The molecule has 2 aromatic carbocycles. The maximum atomic E-state index is 10.2. The van der Waals surface area contributed by atoms with Gasteiger partial charge in [0.2, 0.25) is 0 Å². The zero-order chi connectivity index (χ0) is 13.7. The number of fused-ring (bicyclic) bond motifs is 1. The fraction of sp³-hybridized carbons (Fsp3) is 0.133. The number of aromatic carboxylic acids is 1. The molecule has 98 valence electrons. The monoisotopic (exact) mass is 256 g/mol. The maximum Gasteiger partial charge on any atom is 0.335 e. The first kappa shape index (κ1) is 13.3. The first-order valence-corrected chi connectivity index (χ1v) is 6.03. The van der Waals surface area contributed by atoms with E-state index in [4.69, 9.17) is 10.8 Å². The van der Waals surface area contributed by atoms with Crippen molar-refractivity contribution in [1.29, 1.82) is 0 Å². The van der Waals surface area contributed by atoms with Gasteiger partial charge in [-0.05, 0) is 23.3 Å². The Morgan fingerprint density at radius 2 is 1.74 bits per heavy atom. The predicted octanol–water partition coefficient (Wildman–Crippen LogP) is 2.13. The van der Waals surface area contributed by atoms with Gasteiger partial charge < -0.3 is 10.8 Å². The van der Waals surface area contributed by atoms with E-state index in [0.717, 1.165) is 6.54 Å². The average Bonchev–Trinajstić information content (AvgIpc) is 2.83. The van der Waals surface area contributed by atoms with Crippen LogP contribution in [0.4, 0.5) is 0 Å². The summed E-state index contributed by atoms with van der Waals surface area (Å²) in [6, 6.07) is 16.5. The fourth-order valence-electron chi connectivity index (χ4n) is 1.91. The molecule has 0 amide bonds. The number of nitrogens with one attached hydrogen (secondary N) is 1. The second-order valence-electron chi connectivity index (χ2n) is 4.23. The zero-order valence-electron chi connectivity index (χ0n) is 10.4. The van der Waals surface area contributed by atoms with E-state index in [1.807, 2.05) is 12.1 Å². The molecule has 0 aromatic heterocycles. The van der Waals surface area contributed by atoms with Crippen LogP contribution in [0.1, 0.15) is 27.7 Å². The molecule has 4 nitrogen and oxygen atoms in total. The third kappa shape index (κ3) is 3.40. The Bertz CT molecular complexity index is 555. The Morgan fingerprint density at radius 3 is 2.32 bits per heavy atom. The van der Waals surface area contributed by atoms with Gasteiger partial charge in [0.15, 0.2) is 0 Å². The Labute approximate surface area is 111 Å². The molecule has 0 saturated heterocycles. The highest BCUT2D eigenvalue weighted by atomic mass is 16.4. The van der Waals surface area contributed by atoms with Crippen LogP contribution >= 0.6 is 0 Å². The van der Waals surface area contributed by atoms with E-state index >= 15 is 0 Å². The highest BCUT2D eigenvalue weighted by Crippen LogP contribution is 2.19. The van der Waals surface area contributed by atoms with Gasteiger partial charge in [-0.25, -0.2) is 4.79 Å². The average molecular weight is 256 g/mol. The predicted molar refractivity (Wildman–Crippen MR) is 73.6 cm³/mol. The molecule has 0 spiro atoms. The van der Waals surface area contributed by atoms with Crippen molar-refractivity contribution < 1.29 is 9.90 Å². The second-order valence-corrected chi connectivity index (χ2v) is 4.23. The molecule has 19 heavy (non-hydrogen) atoms. The Kier molecular flexibility index (Phi) is 4.28. The van der Waals surface area contributed by atoms with Crippen LogP contribution in [-0.4, -0.2) is 11.1 Å². The lowest BCUT2D eigenvalue weighted by Crippen LogP contribution is -2.20. The van der Waals surface area contributed by atoms with Gasteiger partial charge in [0.1, 0.15) is 0 Å². The molecular weight excluding hydrogens is 240 g/mol. The molecule has 1 aliphatic rings. The first-order valence-electron chi connectivity index (χ1n) is 6.03. The Hall–Kier alpha value is -2.17. The summed E-state index contributed by atoms with van der Waals surface area (Å²) in [7, 11) is 0. The normalized spacial score (nSPS) is 16.2. The maximum absolute atomic E-state index is 10.2. The molecule has 1 atom stereocenters. The Morgan fingerprint density at radius 1 is 1.11 bits per heavy atom. The number of carboxylic acids is 1. The van der Waals surface area contributed by atoms with Gasteiger partial charge >= 0.3 is 5.97 Å². The summed E-state index contributed by atoms with van der Waals surface area (Å²) in [5.41, 5.74) is 8.63. The molecule has 2 aromatic rings. The fourth-order valence-corrected chi connectivity index (χ4v) is 1.91. The van der Waals surface area contributed by atoms with Crippen molar-refractivity contribution in [3.05, 3.63) is 71.3 Å². The molecule has 1 aliphatic heterocycles. The summed E-state index contributed by atoms with van der Waals surface area (Å²) < 4.78 is 0. The Balaban J connectivity index is 0.000000141. The minimum atomic E-state index is -0.879. The second kappa shape index (κ2) is 6.13. The molecule has 0 saturated carbocycles. The smallest absolute Gasteiger partial charge is 0.335 e. The summed E-state index contributed by atoms with van der Waals surface area (Å²) in [4.78, 5) is 10.2. The summed E-state index contributed by atoms with van der Waals surface area (Å²) in [5, 5.41) is 11.5. The van der Waals surface area contributed by atoms with Gasteiger partial charge in [0, 0.05) is 6.54 Å². The van der Waals surface area contributed by atoms with Crippen LogP contribution in [0, 0.1) is 0 Å². The molecular formula is C15H16N2O2. The van der Waals surface area contributed by atoms with Crippen molar-refractivity contribution in [2.24, 2.45) is 5.73 Å². The number of carbonyl (C=O) groups is 1. The van der Waals surface area contributed by atoms with E-state index in [1.165, 1.54) is 11.1 Å². The lowest BCUT2D eigenvalue weighted by Gasteiger charge is -2.02.